The second-order valence-corrected chi connectivity index (χ2v) is 9.45. The van der Waals surface area contributed by atoms with Gasteiger partial charge in [0.2, 0.25) is 12.7 Å². The lowest BCUT2D eigenvalue weighted by molar-refractivity contribution is -0.135. The van der Waals surface area contributed by atoms with E-state index in [1.54, 1.807) is 11.3 Å². The van der Waals surface area contributed by atoms with Gasteiger partial charge >= 0.3 is 6.03 Å². The van der Waals surface area contributed by atoms with E-state index in [4.69, 9.17) is 9.47 Å². The molecule has 1 aromatic heterocycles. The number of carbonyl (C=O) groups excluding carboxylic acids is 3. The number of ether oxygens (including phenoxy) is 2. The summed E-state index contributed by atoms with van der Waals surface area (Å²) in [5, 5.41) is 6.81. The number of carbonyl (C=O) groups is 3. The van der Waals surface area contributed by atoms with Crippen molar-refractivity contribution in [1.82, 2.24) is 15.1 Å². The highest BCUT2D eigenvalue weighted by molar-refractivity contribution is 7.07. The molecule has 1 N–H and O–H groups in total. The Morgan fingerprint density at radius 3 is 2.69 bits per heavy atom. The number of hydrogen-bond acceptors (Lipinski definition) is 6. The maximum atomic E-state index is 13.2. The molecule has 1 unspecified atom stereocenters. The van der Waals surface area contributed by atoms with Gasteiger partial charge in [-0.15, -0.1) is 0 Å². The molecule has 3 aliphatic rings. The van der Waals surface area contributed by atoms with Crippen LogP contribution < -0.4 is 14.8 Å². The molecule has 8 nitrogen and oxygen atoms in total. The van der Waals surface area contributed by atoms with E-state index in [-0.39, 0.29) is 37.1 Å². The first-order chi connectivity index (χ1) is 15.4. The van der Waals surface area contributed by atoms with Gasteiger partial charge in [0.1, 0.15) is 5.54 Å². The first-order valence-corrected chi connectivity index (χ1v) is 11.7. The number of likely N-dealkylation sites (tertiary alicyclic amines) is 1. The van der Waals surface area contributed by atoms with Crippen LogP contribution in [-0.4, -0.2) is 53.1 Å². The largest absolute Gasteiger partial charge is 0.454 e. The van der Waals surface area contributed by atoms with Crippen LogP contribution in [0.1, 0.15) is 30.9 Å². The molecule has 2 fully saturated rings. The standard InChI is InChI=1S/C23H25N3O5S/c1-23(21(28)26(22(29)24-23)12-16-6-9-32-13-16)17-4-7-25(8-5-17)20(27)11-15-2-3-18-19(10-15)31-14-30-18/h2-3,6,9-10,13,17H,4-5,7-8,11-12,14H2,1H3,(H,24,29). The second-order valence-electron chi connectivity index (χ2n) is 8.67. The van der Waals surface area contributed by atoms with Crippen molar-refractivity contribution in [1.29, 1.82) is 0 Å². The number of rotatable bonds is 5. The van der Waals surface area contributed by atoms with Gasteiger partial charge in [-0.05, 0) is 65.8 Å². The Balaban J connectivity index is 1.19. The van der Waals surface area contributed by atoms with Gasteiger partial charge in [-0.1, -0.05) is 6.07 Å². The third kappa shape index (κ3) is 3.70. The minimum absolute atomic E-state index is 0.0129. The Kier molecular flexibility index (Phi) is 5.28. The maximum absolute atomic E-state index is 13.2. The van der Waals surface area contributed by atoms with Crippen molar-refractivity contribution in [3.8, 4) is 11.5 Å². The first kappa shape index (κ1) is 20.8. The topological polar surface area (TPSA) is 88.2 Å². The zero-order chi connectivity index (χ0) is 22.3. The fraction of sp³-hybridized carbons (Fsp3) is 0.435. The molecule has 5 rings (SSSR count). The van der Waals surface area contributed by atoms with Gasteiger partial charge in [0, 0.05) is 13.1 Å². The molecule has 9 heteroatoms. The Hall–Kier alpha value is -3.07. The summed E-state index contributed by atoms with van der Waals surface area (Å²) in [6.07, 6.45) is 1.63. The number of imide groups is 1. The van der Waals surface area contributed by atoms with E-state index >= 15 is 0 Å². The van der Waals surface area contributed by atoms with E-state index in [0.717, 1.165) is 11.1 Å². The van der Waals surface area contributed by atoms with E-state index in [1.165, 1.54) is 4.90 Å². The zero-order valence-electron chi connectivity index (χ0n) is 17.8. The van der Waals surface area contributed by atoms with E-state index < -0.39 is 5.54 Å². The number of hydrogen-bond donors (Lipinski definition) is 1. The number of fused-ring (bicyclic) bond motifs is 1. The maximum Gasteiger partial charge on any atom is 0.325 e. The molecule has 0 radical (unpaired) electrons. The first-order valence-electron chi connectivity index (χ1n) is 10.8. The number of benzene rings is 1. The van der Waals surface area contributed by atoms with Gasteiger partial charge < -0.3 is 19.7 Å². The number of nitrogens with one attached hydrogen (secondary N) is 1. The van der Waals surface area contributed by atoms with Crippen molar-refractivity contribution in [2.45, 2.75) is 38.3 Å². The number of amides is 4. The van der Waals surface area contributed by atoms with E-state index in [1.807, 2.05) is 46.8 Å². The predicted octanol–water partition coefficient (Wildman–Crippen LogP) is 2.77. The highest BCUT2D eigenvalue weighted by Gasteiger charge is 2.52. The molecule has 168 valence electrons. The molecule has 3 aliphatic heterocycles. The molecular weight excluding hydrogens is 430 g/mol. The molecule has 0 bridgehead atoms. The van der Waals surface area contributed by atoms with Crippen LogP contribution in [0.5, 0.6) is 11.5 Å². The second kappa shape index (κ2) is 8.12. The fourth-order valence-corrected chi connectivity index (χ4v) is 5.40. The molecule has 1 atom stereocenters. The summed E-state index contributed by atoms with van der Waals surface area (Å²) in [5.74, 6) is 1.23. The summed E-state index contributed by atoms with van der Waals surface area (Å²) in [4.78, 5) is 41.7. The lowest BCUT2D eigenvalue weighted by Crippen LogP contribution is -2.54. The van der Waals surface area contributed by atoms with Crippen LogP contribution in [0, 0.1) is 5.92 Å². The van der Waals surface area contributed by atoms with Crippen LogP contribution >= 0.6 is 11.3 Å². The molecule has 32 heavy (non-hydrogen) atoms. The van der Waals surface area contributed by atoms with E-state index in [2.05, 4.69) is 5.32 Å². The summed E-state index contributed by atoms with van der Waals surface area (Å²) in [7, 11) is 0. The van der Waals surface area contributed by atoms with Gasteiger partial charge in [-0.2, -0.15) is 11.3 Å². The summed E-state index contributed by atoms with van der Waals surface area (Å²) in [6.45, 7) is 3.44. The van der Waals surface area contributed by atoms with Crippen molar-refractivity contribution < 1.29 is 23.9 Å². The van der Waals surface area contributed by atoms with E-state index in [0.29, 0.717) is 43.9 Å². The monoisotopic (exact) mass is 455 g/mol. The fourth-order valence-electron chi connectivity index (χ4n) is 4.74. The summed E-state index contributed by atoms with van der Waals surface area (Å²) in [6, 6.07) is 7.14. The van der Waals surface area contributed by atoms with Crippen molar-refractivity contribution in [3.05, 3.63) is 46.2 Å². The number of urea groups is 1. The molecule has 0 saturated carbocycles. The zero-order valence-corrected chi connectivity index (χ0v) is 18.7. The SMILES string of the molecule is CC1(C2CCN(C(=O)Cc3ccc4c(c3)OCO4)CC2)NC(=O)N(Cc2ccsc2)C1=O. The lowest BCUT2D eigenvalue weighted by Gasteiger charge is -2.39. The van der Waals surface area contributed by atoms with Crippen LogP contribution in [0.15, 0.2) is 35.0 Å². The van der Waals surface area contributed by atoms with Crippen LogP contribution in [0.25, 0.3) is 0 Å². The summed E-state index contributed by atoms with van der Waals surface area (Å²) in [5.41, 5.74) is 0.904. The Bertz CT molecular complexity index is 1050. The number of piperidine rings is 1. The van der Waals surface area contributed by atoms with Gasteiger partial charge in [-0.25, -0.2) is 4.79 Å². The molecule has 1 aromatic carbocycles. The highest BCUT2D eigenvalue weighted by atomic mass is 32.1. The molecule has 2 saturated heterocycles. The van der Waals surface area contributed by atoms with Crippen molar-refractivity contribution in [2.75, 3.05) is 19.9 Å². The Morgan fingerprint density at radius 2 is 1.94 bits per heavy atom. The van der Waals surface area contributed by atoms with Crippen molar-refractivity contribution >= 4 is 29.2 Å². The molecule has 0 spiro atoms. The minimum atomic E-state index is -0.931. The van der Waals surface area contributed by atoms with Gasteiger partial charge in [0.15, 0.2) is 11.5 Å². The highest BCUT2D eigenvalue weighted by Crippen LogP contribution is 2.35. The Labute approximate surface area is 190 Å². The van der Waals surface area contributed by atoms with Crippen LogP contribution in [0.4, 0.5) is 4.79 Å². The van der Waals surface area contributed by atoms with Crippen LogP contribution in [0.3, 0.4) is 0 Å². The number of thiophene rings is 1. The third-order valence-electron chi connectivity index (χ3n) is 6.68. The van der Waals surface area contributed by atoms with Gasteiger partial charge in [0.05, 0.1) is 13.0 Å². The normalized spacial score (nSPS) is 23.0. The molecule has 4 heterocycles. The molecule has 2 aromatic rings. The lowest BCUT2D eigenvalue weighted by atomic mass is 9.78. The van der Waals surface area contributed by atoms with Crippen LogP contribution in [-0.2, 0) is 22.6 Å². The quantitative estimate of drug-likeness (QED) is 0.701. The molecule has 0 aliphatic carbocycles. The van der Waals surface area contributed by atoms with Gasteiger partial charge in [0.25, 0.3) is 5.91 Å². The molecular formula is C23H25N3O5S. The smallest absolute Gasteiger partial charge is 0.325 e. The van der Waals surface area contributed by atoms with E-state index in [9.17, 15) is 14.4 Å². The minimum Gasteiger partial charge on any atom is -0.454 e. The average Bonchev–Trinajstić information content (AvgIpc) is 3.52. The average molecular weight is 456 g/mol. The summed E-state index contributed by atoms with van der Waals surface area (Å²) < 4.78 is 10.7. The molecule has 4 amide bonds. The van der Waals surface area contributed by atoms with Crippen LogP contribution in [0.2, 0.25) is 0 Å². The number of nitrogens with zero attached hydrogens (tertiary/aromatic N) is 2. The van der Waals surface area contributed by atoms with Crippen molar-refractivity contribution in [2.24, 2.45) is 5.92 Å². The Morgan fingerprint density at radius 1 is 1.16 bits per heavy atom. The predicted molar refractivity (Wildman–Crippen MR) is 117 cm³/mol. The summed E-state index contributed by atoms with van der Waals surface area (Å²) >= 11 is 1.54. The van der Waals surface area contributed by atoms with Gasteiger partial charge in [-0.3, -0.25) is 14.5 Å². The van der Waals surface area contributed by atoms with Crippen molar-refractivity contribution in [3.63, 3.8) is 0 Å². The third-order valence-corrected chi connectivity index (χ3v) is 7.41.